The molecule has 0 N–H and O–H groups in total. The van der Waals surface area contributed by atoms with Gasteiger partial charge in [0.05, 0.1) is 29.3 Å². The van der Waals surface area contributed by atoms with Crippen molar-refractivity contribution in [3.63, 3.8) is 0 Å². The van der Waals surface area contributed by atoms with Gasteiger partial charge >= 0.3 is 0 Å². The molecule has 2 heterocycles. The van der Waals surface area contributed by atoms with Gasteiger partial charge in [-0.1, -0.05) is 6.92 Å². The molecule has 0 amide bonds. The van der Waals surface area contributed by atoms with E-state index >= 15 is 0 Å². The minimum Gasteiger partial charge on any atom is -0.376 e. The maximum atomic E-state index is 5.75. The standard InChI is InChI=1S/C13H21ClN2OS/c1-2-12-9-16(6-7-17-12)5-3-4-13-15-11(8-14)10-18-13/h10,12H,2-9H2,1H3. The zero-order valence-corrected chi connectivity index (χ0v) is 12.5. The Balaban J connectivity index is 1.68. The highest BCUT2D eigenvalue weighted by Gasteiger charge is 2.18. The highest BCUT2D eigenvalue weighted by molar-refractivity contribution is 7.09. The Kier molecular flexibility index (Phi) is 5.89. The fourth-order valence-electron chi connectivity index (χ4n) is 2.21. The lowest BCUT2D eigenvalue weighted by atomic mass is 10.2. The molecule has 2 rings (SSSR count). The summed E-state index contributed by atoms with van der Waals surface area (Å²) >= 11 is 7.48. The van der Waals surface area contributed by atoms with E-state index in [1.54, 1.807) is 11.3 Å². The molecule has 1 aromatic rings. The molecule has 102 valence electrons. The molecule has 1 aliphatic heterocycles. The fraction of sp³-hybridized carbons (Fsp3) is 0.769. The number of rotatable bonds is 6. The van der Waals surface area contributed by atoms with E-state index < -0.39 is 0 Å². The summed E-state index contributed by atoms with van der Waals surface area (Å²) < 4.78 is 5.67. The van der Waals surface area contributed by atoms with Crippen LogP contribution in [-0.2, 0) is 17.0 Å². The predicted octanol–water partition coefficient (Wildman–Crippen LogP) is 2.93. The second kappa shape index (κ2) is 7.43. The molecule has 3 nitrogen and oxygen atoms in total. The van der Waals surface area contributed by atoms with E-state index in [0.717, 1.165) is 44.8 Å². The van der Waals surface area contributed by atoms with Gasteiger partial charge in [0.1, 0.15) is 0 Å². The zero-order valence-electron chi connectivity index (χ0n) is 10.9. The second-order valence-corrected chi connectivity index (χ2v) is 5.88. The lowest BCUT2D eigenvalue weighted by molar-refractivity contribution is -0.0297. The summed E-state index contributed by atoms with van der Waals surface area (Å²) in [7, 11) is 0. The summed E-state index contributed by atoms with van der Waals surface area (Å²) in [6, 6.07) is 0. The Morgan fingerprint density at radius 3 is 3.22 bits per heavy atom. The molecule has 0 radical (unpaired) electrons. The third-order valence-corrected chi connectivity index (χ3v) is 4.51. The summed E-state index contributed by atoms with van der Waals surface area (Å²) in [5, 5.41) is 3.27. The van der Waals surface area contributed by atoms with Crippen LogP contribution in [0.15, 0.2) is 5.38 Å². The molecular weight excluding hydrogens is 268 g/mol. The Bertz CT molecular complexity index is 359. The van der Waals surface area contributed by atoms with Crippen LogP contribution in [0.2, 0.25) is 0 Å². The Labute approximate surface area is 118 Å². The largest absolute Gasteiger partial charge is 0.376 e. The maximum Gasteiger partial charge on any atom is 0.0929 e. The number of alkyl halides is 1. The molecular formula is C13H21ClN2OS. The van der Waals surface area contributed by atoms with Crippen molar-refractivity contribution in [2.45, 2.75) is 38.2 Å². The molecule has 1 fully saturated rings. The Hall–Kier alpha value is -0.160. The van der Waals surface area contributed by atoms with Crippen molar-refractivity contribution in [1.29, 1.82) is 0 Å². The fourth-order valence-corrected chi connectivity index (χ4v) is 3.28. The van der Waals surface area contributed by atoms with Gasteiger partial charge < -0.3 is 4.74 Å². The molecule has 0 aromatic carbocycles. The van der Waals surface area contributed by atoms with Crippen LogP contribution < -0.4 is 0 Å². The molecule has 0 saturated carbocycles. The van der Waals surface area contributed by atoms with Gasteiger partial charge in [-0.3, -0.25) is 4.90 Å². The van der Waals surface area contributed by atoms with Crippen molar-refractivity contribution >= 4 is 22.9 Å². The molecule has 0 aliphatic carbocycles. The number of ether oxygens (including phenoxy) is 1. The summed E-state index contributed by atoms with van der Waals surface area (Å²) in [4.78, 5) is 6.99. The minimum atomic E-state index is 0.432. The van der Waals surface area contributed by atoms with Gasteiger partial charge in [-0.25, -0.2) is 4.98 Å². The molecule has 0 spiro atoms. The number of aryl methyl sites for hydroxylation is 1. The van der Waals surface area contributed by atoms with Gasteiger partial charge in [-0.05, 0) is 19.4 Å². The van der Waals surface area contributed by atoms with Crippen LogP contribution in [0.4, 0.5) is 0 Å². The van der Waals surface area contributed by atoms with E-state index in [-0.39, 0.29) is 0 Å². The van der Waals surface area contributed by atoms with Crippen molar-refractivity contribution in [3.05, 3.63) is 16.1 Å². The number of aromatic nitrogens is 1. The minimum absolute atomic E-state index is 0.432. The van der Waals surface area contributed by atoms with Gasteiger partial charge in [0, 0.05) is 24.9 Å². The van der Waals surface area contributed by atoms with E-state index in [0.29, 0.717) is 12.0 Å². The first-order valence-electron chi connectivity index (χ1n) is 6.65. The summed E-state index contributed by atoms with van der Waals surface area (Å²) in [5.41, 5.74) is 1.01. The summed E-state index contributed by atoms with van der Waals surface area (Å²) in [6.45, 7) is 6.38. The van der Waals surface area contributed by atoms with Gasteiger partial charge in [0.15, 0.2) is 0 Å². The molecule has 1 unspecified atom stereocenters. The lowest BCUT2D eigenvalue weighted by Gasteiger charge is -2.32. The summed E-state index contributed by atoms with van der Waals surface area (Å²) in [6.07, 6.45) is 3.78. The van der Waals surface area contributed by atoms with Crippen LogP contribution in [0.5, 0.6) is 0 Å². The molecule has 5 heteroatoms. The van der Waals surface area contributed by atoms with Crippen molar-refractivity contribution < 1.29 is 4.74 Å². The van der Waals surface area contributed by atoms with Gasteiger partial charge in [-0.15, -0.1) is 22.9 Å². The van der Waals surface area contributed by atoms with Crippen molar-refractivity contribution in [1.82, 2.24) is 9.88 Å². The van der Waals surface area contributed by atoms with Crippen molar-refractivity contribution in [2.24, 2.45) is 0 Å². The highest BCUT2D eigenvalue weighted by Crippen LogP contribution is 2.14. The van der Waals surface area contributed by atoms with E-state index in [1.807, 2.05) is 0 Å². The SMILES string of the molecule is CCC1CN(CCCc2nc(CCl)cs2)CCO1. The quantitative estimate of drug-likeness (QED) is 0.753. The lowest BCUT2D eigenvalue weighted by Crippen LogP contribution is -2.42. The Morgan fingerprint density at radius 1 is 1.61 bits per heavy atom. The van der Waals surface area contributed by atoms with Crippen LogP contribution >= 0.6 is 22.9 Å². The number of morpholine rings is 1. The average Bonchev–Trinajstić information content (AvgIpc) is 2.87. The topological polar surface area (TPSA) is 25.4 Å². The molecule has 1 atom stereocenters. The van der Waals surface area contributed by atoms with E-state index in [4.69, 9.17) is 16.3 Å². The van der Waals surface area contributed by atoms with Crippen LogP contribution in [0.1, 0.15) is 30.5 Å². The van der Waals surface area contributed by atoms with E-state index in [9.17, 15) is 0 Å². The molecule has 18 heavy (non-hydrogen) atoms. The molecule has 1 aromatic heterocycles. The first kappa shape index (κ1) is 14.3. The molecule has 1 aliphatic rings. The monoisotopic (exact) mass is 288 g/mol. The summed E-state index contributed by atoms with van der Waals surface area (Å²) in [5.74, 6) is 0.526. The molecule has 1 saturated heterocycles. The molecule has 0 bridgehead atoms. The van der Waals surface area contributed by atoms with Crippen LogP contribution in [0.3, 0.4) is 0 Å². The normalized spacial score (nSPS) is 21.3. The third-order valence-electron chi connectivity index (χ3n) is 3.28. The number of hydrogen-bond donors (Lipinski definition) is 0. The number of halogens is 1. The van der Waals surface area contributed by atoms with Gasteiger partial charge in [0.2, 0.25) is 0 Å². The maximum absolute atomic E-state index is 5.75. The van der Waals surface area contributed by atoms with E-state index in [1.165, 1.54) is 11.4 Å². The highest BCUT2D eigenvalue weighted by atomic mass is 35.5. The van der Waals surface area contributed by atoms with Gasteiger partial charge in [-0.2, -0.15) is 0 Å². The average molecular weight is 289 g/mol. The van der Waals surface area contributed by atoms with Crippen LogP contribution in [-0.4, -0.2) is 42.2 Å². The van der Waals surface area contributed by atoms with Crippen LogP contribution in [0, 0.1) is 0 Å². The predicted molar refractivity (Wildman–Crippen MR) is 76.5 cm³/mol. The van der Waals surface area contributed by atoms with E-state index in [2.05, 4.69) is 22.2 Å². The first-order chi connectivity index (χ1) is 8.81. The van der Waals surface area contributed by atoms with Crippen molar-refractivity contribution in [2.75, 3.05) is 26.2 Å². The smallest absolute Gasteiger partial charge is 0.0929 e. The number of nitrogens with zero attached hydrogens (tertiary/aromatic N) is 2. The Morgan fingerprint density at radius 2 is 2.50 bits per heavy atom. The number of hydrogen-bond acceptors (Lipinski definition) is 4. The van der Waals surface area contributed by atoms with Crippen LogP contribution in [0.25, 0.3) is 0 Å². The first-order valence-corrected chi connectivity index (χ1v) is 8.06. The second-order valence-electron chi connectivity index (χ2n) is 4.67. The zero-order chi connectivity index (χ0) is 12.8. The van der Waals surface area contributed by atoms with Crippen molar-refractivity contribution in [3.8, 4) is 0 Å². The van der Waals surface area contributed by atoms with Gasteiger partial charge in [0.25, 0.3) is 0 Å². The third kappa shape index (κ3) is 4.19. The number of thiazole rings is 1.